The van der Waals surface area contributed by atoms with Crippen LogP contribution in [0.3, 0.4) is 0 Å². The van der Waals surface area contributed by atoms with Crippen LogP contribution in [-0.4, -0.2) is 56.3 Å². The highest BCUT2D eigenvalue weighted by Gasteiger charge is 2.43. The highest BCUT2D eigenvalue weighted by Crippen LogP contribution is 2.31. The molecule has 2 fully saturated rings. The van der Waals surface area contributed by atoms with Crippen LogP contribution in [0.1, 0.15) is 50.6 Å². The molecule has 1 amide bonds. The van der Waals surface area contributed by atoms with Crippen molar-refractivity contribution < 1.29 is 17.9 Å². The first-order chi connectivity index (χ1) is 12.9. The summed E-state index contributed by atoms with van der Waals surface area (Å²) in [6, 6.07) is 6.37. The van der Waals surface area contributed by atoms with Crippen LogP contribution in [0.4, 0.5) is 0 Å². The van der Waals surface area contributed by atoms with Gasteiger partial charge < -0.3 is 9.64 Å². The Bertz CT molecular complexity index is 766. The molecule has 7 nitrogen and oxygen atoms in total. The highest BCUT2D eigenvalue weighted by atomic mass is 32.2. The number of amides is 1. The maximum Gasteiger partial charge on any atom is 0.280 e. The third kappa shape index (κ3) is 4.12. The second kappa shape index (κ2) is 8.16. The van der Waals surface area contributed by atoms with Crippen molar-refractivity contribution in [1.82, 2.24) is 13.9 Å². The lowest BCUT2D eigenvalue weighted by molar-refractivity contribution is -0.139. The van der Waals surface area contributed by atoms with Gasteiger partial charge >= 0.3 is 0 Å². The Labute approximate surface area is 161 Å². The third-order valence-corrected chi connectivity index (χ3v) is 7.35. The molecular weight excluding hydrogens is 366 g/mol. The fourth-order valence-corrected chi connectivity index (χ4v) is 5.32. The Kier molecular flexibility index (Phi) is 6.08. The molecule has 2 saturated heterocycles. The second-order valence-corrected chi connectivity index (χ2v) is 9.07. The number of rotatable bonds is 4. The van der Waals surface area contributed by atoms with E-state index in [1.54, 1.807) is 19.2 Å². The van der Waals surface area contributed by atoms with E-state index in [1.807, 2.05) is 17.0 Å². The predicted molar refractivity (Wildman–Crippen MR) is 104 cm³/mol. The summed E-state index contributed by atoms with van der Waals surface area (Å²) in [6.45, 7) is 2.79. The summed E-state index contributed by atoms with van der Waals surface area (Å²) < 4.78 is 34.4. The van der Waals surface area contributed by atoms with Crippen molar-refractivity contribution in [3.05, 3.63) is 29.8 Å². The molecular formula is C19H29N3O4S. The van der Waals surface area contributed by atoms with Crippen LogP contribution in [-0.2, 0) is 15.0 Å². The first kappa shape index (κ1) is 20.1. The van der Waals surface area contributed by atoms with Gasteiger partial charge in [0.15, 0.2) is 0 Å². The lowest BCUT2D eigenvalue weighted by Crippen LogP contribution is -2.59. The third-order valence-electron chi connectivity index (χ3n) is 5.75. The summed E-state index contributed by atoms with van der Waals surface area (Å²) >= 11 is 0. The minimum atomic E-state index is -3.73. The van der Waals surface area contributed by atoms with E-state index < -0.39 is 22.3 Å². The van der Waals surface area contributed by atoms with Crippen LogP contribution in [0.2, 0.25) is 0 Å². The number of hydrogen-bond acceptors (Lipinski definition) is 4. The standard InChI is InChI=1S/C19H29N3O4S/c1-4-15-7-5-6-12-22(15)19(23)18-13-17(20-27(24,25)21(18)2)14-8-10-16(26-3)11-9-14/h8-11,15,17-18,20H,4-7,12-13H2,1-3H3/t15?,17-,18+/m0/s1. The van der Waals surface area contributed by atoms with Crippen LogP contribution in [0.15, 0.2) is 24.3 Å². The topological polar surface area (TPSA) is 79.0 Å². The van der Waals surface area contributed by atoms with Gasteiger partial charge in [-0.25, -0.2) is 0 Å². The molecule has 1 aromatic rings. The number of hydrogen-bond donors (Lipinski definition) is 1. The van der Waals surface area contributed by atoms with Crippen molar-refractivity contribution in [3.63, 3.8) is 0 Å². The van der Waals surface area contributed by atoms with Crippen LogP contribution < -0.4 is 9.46 Å². The van der Waals surface area contributed by atoms with Gasteiger partial charge in [-0.05, 0) is 49.8 Å². The molecule has 150 valence electrons. The molecule has 1 unspecified atom stereocenters. The monoisotopic (exact) mass is 395 g/mol. The second-order valence-electron chi connectivity index (χ2n) is 7.31. The number of carbonyl (C=O) groups is 1. The zero-order chi connectivity index (χ0) is 19.6. The average Bonchev–Trinajstić information content (AvgIpc) is 2.69. The summed E-state index contributed by atoms with van der Waals surface area (Å²) in [6.07, 6.45) is 4.40. The number of benzene rings is 1. The van der Waals surface area contributed by atoms with Gasteiger partial charge in [0, 0.05) is 25.7 Å². The van der Waals surface area contributed by atoms with Gasteiger partial charge in [-0.2, -0.15) is 17.4 Å². The van der Waals surface area contributed by atoms with Gasteiger partial charge in [-0.3, -0.25) is 4.79 Å². The normalized spacial score (nSPS) is 28.7. The predicted octanol–water partition coefficient (Wildman–Crippen LogP) is 2.07. The molecule has 0 bridgehead atoms. The van der Waals surface area contributed by atoms with Gasteiger partial charge in [0.05, 0.1) is 7.11 Å². The summed E-state index contributed by atoms with van der Waals surface area (Å²) in [4.78, 5) is 15.2. The number of carbonyl (C=O) groups excluding carboxylic acids is 1. The first-order valence-corrected chi connectivity index (χ1v) is 11.0. The van der Waals surface area contributed by atoms with E-state index in [0.29, 0.717) is 18.7 Å². The number of piperidine rings is 1. The molecule has 0 spiro atoms. The molecule has 3 atom stereocenters. The molecule has 8 heteroatoms. The van der Waals surface area contributed by atoms with Crippen molar-refractivity contribution in [2.45, 2.75) is 57.2 Å². The van der Waals surface area contributed by atoms with Crippen molar-refractivity contribution in [1.29, 1.82) is 0 Å². The Morgan fingerprint density at radius 3 is 2.59 bits per heavy atom. The van der Waals surface area contributed by atoms with Crippen molar-refractivity contribution in [2.24, 2.45) is 0 Å². The largest absolute Gasteiger partial charge is 0.497 e. The summed E-state index contributed by atoms with van der Waals surface area (Å²) in [5.74, 6) is 0.633. The molecule has 0 saturated carbocycles. The molecule has 2 aliphatic heterocycles. The van der Waals surface area contributed by atoms with Gasteiger partial charge in [-0.1, -0.05) is 19.1 Å². The fourth-order valence-electron chi connectivity index (χ4n) is 4.05. The molecule has 2 aliphatic rings. The van der Waals surface area contributed by atoms with E-state index in [1.165, 1.54) is 11.4 Å². The minimum Gasteiger partial charge on any atom is -0.497 e. The Hall–Kier alpha value is -1.64. The van der Waals surface area contributed by atoms with Gasteiger partial charge in [0.25, 0.3) is 10.2 Å². The van der Waals surface area contributed by atoms with Crippen molar-refractivity contribution in [2.75, 3.05) is 20.7 Å². The summed E-state index contributed by atoms with van der Waals surface area (Å²) in [5.41, 5.74) is 0.830. The molecule has 1 N–H and O–H groups in total. The smallest absolute Gasteiger partial charge is 0.280 e. The van der Waals surface area contributed by atoms with Gasteiger partial charge in [0.1, 0.15) is 11.8 Å². The van der Waals surface area contributed by atoms with Crippen molar-refractivity contribution >= 4 is 16.1 Å². The highest BCUT2D eigenvalue weighted by molar-refractivity contribution is 7.87. The average molecular weight is 396 g/mol. The number of likely N-dealkylation sites (tertiary alicyclic amines) is 1. The molecule has 27 heavy (non-hydrogen) atoms. The Morgan fingerprint density at radius 1 is 1.26 bits per heavy atom. The molecule has 0 radical (unpaired) electrons. The van der Waals surface area contributed by atoms with E-state index >= 15 is 0 Å². The van der Waals surface area contributed by atoms with E-state index in [9.17, 15) is 13.2 Å². The summed E-state index contributed by atoms with van der Waals surface area (Å²) in [5, 5.41) is 0. The van der Waals surface area contributed by atoms with Crippen LogP contribution in [0, 0.1) is 0 Å². The van der Waals surface area contributed by atoms with Gasteiger partial charge in [-0.15, -0.1) is 0 Å². The zero-order valence-electron chi connectivity index (χ0n) is 16.2. The van der Waals surface area contributed by atoms with Crippen molar-refractivity contribution in [3.8, 4) is 5.75 Å². The molecule has 0 aliphatic carbocycles. The molecule has 2 heterocycles. The Balaban J connectivity index is 1.85. The lowest BCUT2D eigenvalue weighted by atomic mass is 9.95. The maximum atomic E-state index is 13.3. The molecule has 0 aromatic heterocycles. The number of methoxy groups -OCH3 is 1. The number of ether oxygens (including phenoxy) is 1. The minimum absolute atomic E-state index is 0.0763. The molecule has 3 rings (SSSR count). The van der Waals surface area contributed by atoms with Crippen LogP contribution >= 0.6 is 0 Å². The zero-order valence-corrected chi connectivity index (χ0v) is 17.0. The maximum absolute atomic E-state index is 13.3. The first-order valence-electron chi connectivity index (χ1n) is 9.57. The van der Waals surface area contributed by atoms with E-state index in [0.717, 1.165) is 31.2 Å². The number of nitrogens with one attached hydrogen (secondary N) is 1. The SMILES string of the molecule is CCC1CCCCN1C(=O)[C@H]1C[C@@H](c2ccc(OC)cc2)NS(=O)(=O)N1C. The fraction of sp³-hybridized carbons (Fsp3) is 0.632. The number of likely N-dealkylation sites (N-methyl/N-ethyl adjacent to an activating group) is 1. The van der Waals surface area contributed by atoms with Crippen LogP contribution in [0.25, 0.3) is 0 Å². The van der Waals surface area contributed by atoms with E-state index in [4.69, 9.17) is 4.74 Å². The summed E-state index contributed by atoms with van der Waals surface area (Å²) in [7, 11) is -0.653. The van der Waals surface area contributed by atoms with E-state index in [-0.39, 0.29) is 11.9 Å². The quantitative estimate of drug-likeness (QED) is 0.846. The van der Waals surface area contributed by atoms with Gasteiger partial charge in [0.2, 0.25) is 5.91 Å². The van der Waals surface area contributed by atoms with E-state index in [2.05, 4.69) is 11.6 Å². The molecule has 1 aromatic carbocycles. The number of nitrogens with zero attached hydrogens (tertiary/aromatic N) is 2. The Morgan fingerprint density at radius 2 is 1.96 bits per heavy atom. The van der Waals surface area contributed by atoms with Crippen LogP contribution in [0.5, 0.6) is 5.75 Å². The lowest BCUT2D eigenvalue weighted by Gasteiger charge is -2.42.